The van der Waals surface area contributed by atoms with E-state index in [1.165, 1.54) is 0 Å². The maximum Gasteiger partial charge on any atom is 0.153 e. The molecule has 0 N–H and O–H groups in total. The summed E-state index contributed by atoms with van der Waals surface area (Å²) >= 11 is 5.77. The van der Waals surface area contributed by atoms with Crippen molar-refractivity contribution in [3.05, 3.63) is 29.3 Å². The molecule has 1 aromatic carbocycles. The van der Waals surface area contributed by atoms with Crippen molar-refractivity contribution in [1.29, 1.82) is 0 Å². The molecule has 4 heteroatoms. The fourth-order valence-corrected chi connectivity index (χ4v) is 1.18. The quantitative estimate of drug-likeness (QED) is 0.583. The SMILES string of the molecule is CC(C)=NOCC(C)Oc1ccc(Cl)cc1. The van der Waals surface area contributed by atoms with Crippen LogP contribution in [0.25, 0.3) is 0 Å². The molecule has 0 spiro atoms. The summed E-state index contributed by atoms with van der Waals surface area (Å²) in [5.74, 6) is 0.776. The lowest BCUT2D eigenvalue weighted by Gasteiger charge is -2.13. The van der Waals surface area contributed by atoms with Gasteiger partial charge in [-0.25, -0.2) is 0 Å². The van der Waals surface area contributed by atoms with Crippen LogP contribution in [0.2, 0.25) is 5.02 Å². The van der Waals surface area contributed by atoms with Gasteiger partial charge in [0.15, 0.2) is 6.61 Å². The highest BCUT2D eigenvalue weighted by molar-refractivity contribution is 6.30. The van der Waals surface area contributed by atoms with E-state index in [2.05, 4.69) is 5.16 Å². The van der Waals surface area contributed by atoms with Gasteiger partial charge in [-0.1, -0.05) is 16.8 Å². The number of hydrogen-bond donors (Lipinski definition) is 0. The zero-order valence-electron chi connectivity index (χ0n) is 9.74. The first kappa shape index (κ1) is 12.8. The van der Waals surface area contributed by atoms with Gasteiger partial charge in [0.05, 0.1) is 5.71 Å². The van der Waals surface area contributed by atoms with Crippen molar-refractivity contribution in [3.63, 3.8) is 0 Å². The number of benzene rings is 1. The second kappa shape index (κ2) is 6.38. The van der Waals surface area contributed by atoms with Crippen LogP contribution in [0.5, 0.6) is 5.75 Å². The van der Waals surface area contributed by atoms with Gasteiger partial charge in [-0.3, -0.25) is 0 Å². The molecule has 1 atom stereocenters. The highest BCUT2D eigenvalue weighted by Crippen LogP contribution is 2.16. The Hall–Kier alpha value is -1.22. The van der Waals surface area contributed by atoms with Crippen LogP contribution in [0.4, 0.5) is 0 Å². The molecule has 88 valence electrons. The Morgan fingerprint density at radius 3 is 2.50 bits per heavy atom. The van der Waals surface area contributed by atoms with E-state index in [4.69, 9.17) is 21.2 Å². The molecule has 1 aromatic rings. The smallest absolute Gasteiger partial charge is 0.153 e. The molecule has 16 heavy (non-hydrogen) atoms. The molecule has 0 aliphatic carbocycles. The summed E-state index contributed by atoms with van der Waals surface area (Å²) in [7, 11) is 0. The van der Waals surface area contributed by atoms with E-state index >= 15 is 0 Å². The minimum absolute atomic E-state index is 0.0516. The number of nitrogens with zero attached hydrogens (tertiary/aromatic N) is 1. The molecule has 0 aliphatic rings. The topological polar surface area (TPSA) is 30.8 Å². The molecular formula is C12H16ClNO2. The van der Waals surface area contributed by atoms with Gasteiger partial charge >= 0.3 is 0 Å². The van der Waals surface area contributed by atoms with Gasteiger partial charge in [0, 0.05) is 5.02 Å². The largest absolute Gasteiger partial charge is 0.487 e. The minimum atomic E-state index is -0.0516. The third kappa shape index (κ3) is 5.03. The molecule has 1 rings (SSSR count). The van der Waals surface area contributed by atoms with Gasteiger partial charge in [-0.05, 0) is 45.0 Å². The zero-order valence-corrected chi connectivity index (χ0v) is 10.5. The van der Waals surface area contributed by atoms with E-state index in [1.54, 1.807) is 12.1 Å². The van der Waals surface area contributed by atoms with Crippen LogP contribution in [0.3, 0.4) is 0 Å². The minimum Gasteiger partial charge on any atom is -0.487 e. The molecular weight excluding hydrogens is 226 g/mol. The van der Waals surface area contributed by atoms with Crippen LogP contribution in [0.1, 0.15) is 20.8 Å². The van der Waals surface area contributed by atoms with Crippen LogP contribution in [0.15, 0.2) is 29.4 Å². The van der Waals surface area contributed by atoms with Crippen molar-refractivity contribution in [3.8, 4) is 5.75 Å². The lowest BCUT2D eigenvalue weighted by molar-refractivity contribution is 0.0628. The normalized spacial score (nSPS) is 11.8. The summed E-state index contributed by atoms with van der Waals surface area (Å²) in [4.78, 5) is 5.09. The van der Waals surface area contributed by atoms with Crippen LogP contribution < -0.4 is 4.74 Å². The first-order valence-corrected chi connectivity index (χ1v) is 5.51. The number of hydrogen-bond acceptors (Lipinski definition) is 3. The number of oxime groups is 1. The van der Waals surface area contributed by atoms with Crippen molar-refractivity contribution in [2.45, 2.75) is 26.9 Å². The van der Waals surface area contributed by atoms with Gasteiger partial charge < -0.3 is 9.57 Å². The van der Waals surface area contributed by atoms with Gasteiger partial charge in [0.25, 0.3) is 0 Å². The monoisotopic (exact) mass is 241 g/mol. The highest BCUT2D eigenvalue weighted by atomic mass is 35.5. The van der Waals surface area contributed by atoms with E-state index in [9.17, 15) is 0 Å². The zero-order chi connectivity index (χ0) is 12.0. The fraction of sp³-hybridized carbons (Fsp3) is 0.417. The van der Waals surface area contributed by atoms with Gasteiger partial charge in [-0.15, -0.1) is 0 Å². The van der Waals surface area contributed by atoms with Gasteiger partial charge in [0.2, 0.25) is 0 Å². The van der Waals surface area contributed by atoms with Crippen molar-refractivity contribution in [2.24, 2.45) is 5.16 Å². The Kier molecular flexibility index (Phi) is 5.12. The Balaban J connectivity index is 2.36. The fourth-order valence-electron chi connectivity index (χ4n) is 1.05. The molecule has 3 nitrogen and oxygen atoms in total. The van der Waals surface area contributed by atoms with E-state index < -0.39 is 0 Å². The predicted molar refractivity (Wildman–Crippen MR) is 66.3 cm³/mol. The maximum absolute atomic E-state index is 5.77. The average molecular weight is 242 g/mol. The molecule has 0 aromatic heterocycles. The molecule has 0 saturated carbocycles. The lowest BCUT2D eigenvalue weighted by atomic mass is 10.3. The van der Waals surface area contributed by atoms with Gasteiger partial charge in [-0.2, -0.15) is 0 Å². The predicted octanol–water partition coefficient (Wildman–Crippen LogP) is 3.52. The number of rotatable bonds is 5. The van der Waals surface area contributed by atoms with E-state index in [0.29, 0.717) is 11.6 Å². The summed E-state index contributed by atoms with van der Waals surface area (Å²) in [5, 5.41) is 4.53. The molecule has 0 amide bonds. The molecule has 0 saturated heterocycles. The summed E-state index contributed by atoms with van der Waals surface area (Å²) in [6.45, 7) is 6.11. The van der Waals surface area contributed by atoms with E-state index in [-0.39, 0.29) is 6.10 Å². The third-order valence-electron chi connectivity index (χ3n) is 1.71. The van der Waals surface area contributed by atoms with Crippen LogP contribution >= 0.6 is 11.6 Å². The molecule has 0 radical (unpaired) electrons. The summed E-state index contributed by atoms with van der Waals surface area (Å²) in [5.41, 5.74) is 0.888. The molecule has 0 fully saturated rings. The number of halogens is 1. The van der Waals surface area contributed by atoms with Crippen molar-refractivity contribution in [1.82, 2.24) is 0 Å². The second-order valence-electron chi connectivity index (χ2n) is 3.72. The summed E-state index contributed by atoms with van der Waals surface area (Å²) < 4.78 is 5.60. The first-order valence-electron chi connectivity index (χ1n) is 5.13. The molecule has 1 unspecified atom stereocenters. The van der Waals surface area contributed by atoms with Gasteiger partial charge in [0.1, 0.15) is 11.9 Å². The Morgan fingerprint density at radius 2 is 1.94 bits per heavy atom. The third-order valence-corrected chi connectivity index (χ3v) is 1.96. The first-order chi connectivity index (χ1) is 7.58. The molecule has 0 heterocycles. The standard InChI is InChI=1S/C12H16ClNO2/c1-9(2)14-15-8-10(3)16-12-6-4-11(13)5-7-12/h4-7,10H,8H2,1-3H3. The van der Waals surface area contributed by atoms with Crippen molar-refractivity contribution >= 4 is 17.3 Å². The average Bonchev–Trinajstić information content (AvgIpc) is 2.21. The highest BCUT2D eigenvalue weighted by Gasteiger charge is 2.04. The van der Waals surface area contributed by atoms with E-state index in [1.807, 2.05) is 32.9 Å². The Labute approximate surface area is 101 Å². The van der Waals surface area contributed by atoms with Crippen molar-refractivity contribution < 1.29 is 9.57 Å². The summed E-state index contributed by atoms with van der Waals surface area (Å²) in [6, 6.07) is 7.23. The molecule has 0 bridgehead atoms. The van der Waals surface area contributed by atoms with E-state index in [0.717, 1.165) is 11.5 Å². The van der Waals surface area contributed by atoms with Crippen LogP contribution in [-0.4, -0.2) is 18.4 Å². The Morgan fingerprint density at radius 1 is 1.31 bits per heavy atom. The Bertz CT molecular complexity index is 345. The van der Waals surface area contributed by atoms with Crippen LogP contribution in [-0.2, 0) is 4.84 Å². The summed E-state index contributed by atoms with van der Waals surface area (Å²) in [6.07, 6.45) is -0.0516. The number of ether oxygens (including phenoxy) is 1. The maximum atomic E-state index is 5.77. The van der Waals surface area contributed by atoms with Crippen LogP contribution in [0, 0.1) is 0 Å². The van der Waals surface area contributed by atoms with Crippen molar-refractivity contribution in [2.75, 3.05) is 6.61 Å². The second-order valence-corrected chi connectivity index (χ2v) is 4.15. The molecule has 0 aliphatic heterocycles. The lowest BCUT2D eigenvalue weighted by Crippen LogP contribution is -2.17.